The zero-order valence-corrected chi connectivity index (χ0v) is 19.8. The Morgan fingerprint density at radius 2 is 1.91 bits per heavy atom. The lowest BCUT2D eigenvalue weighted by molar-refractivity contribution is -0.150. The number of piperazine rings is 1. The van der Waals surface area contributed by atoms with Gasteiger partial charge in [0.25, 0.3) is 5.91 Å². The van der Waals surface area contributed by atoms with E-state index in [1.807, 2.05) is 9.80 Å². The van der Waals surface area contributed by atoms with Gasteiger partial charge in [-0.25, -0.2) is 9.18 Å². The lowest BCUT2D eigenvalue weighted by Gasteiger charge is -2.36. The summed E-state index contributed by atoms with van der Waals surface area (Å²) in [4.78, 5) is 42.2. The molecule has 3 heterocycles. The number of ether oxygens (including phenoxy) is 2. The van der Waals surface area contributed by atoms with Crippen LogP contribution >= 0.6 is 12.2 Å². The average Bonchev–Trinajstić information content (AvgIpc) is 3.15. The number of anilines is 2. The molecule has 3 aliphatic heterocycles. The highest BCUT2D eigenvalue weighted by atomic mass is 32.1. The maximum atomic E-state index is 15.0. The van der Waals surface area contributed by atoms with Crippen molar-refractivity contribution in [3.05, 3.63) is 24.0 Å². The number of carbonyl (C=O) groups excluding carboxylic acids is 3. The number of hydrogen-bond donors (Lipinski definition) is 1. The molecule has 4 rings (SSSR count). The van der Waals surface area contributed by atoms with Crippen LogP contribution in [-0.4, -0.2) is 98.0 Å². The molecule has 10 nitrogen and oxygen atoms in total. The summed E-state index contributed by atoms with van der Waals surface area (Å²) in [6.45, 7) is 5.22. The van der Waals surface area contributed by atoms with Crippen LogP contribution in [0.5, 0.6) is 0 Å². The summed E-state index contributed by atoms with van der Waals surface area (Å²) in [6, 6.07) is 4.66. The highest BCUT2D eigenvalue weighted by Crippen LogP contribution is 2.28. The predicted octanol–water partition coefficient (Wildman–Crippen LogP) is 0.943. The molecule has 0 radical (unpaired) electrons. The van der Waals surface area contributed by atoms with Gasteiger partial charge in [0.2, 0.25) is 0 Å². The highest BCUT2D eigenvalue weighted by Gasteiger charge is 2.33. The van der Waals surface area contributed by atoms with Crippen LogP contribution < -0.4 is 15.1 Å². The fourth-order valence-electron chi connectivity index (χ4n) is 4.04. The first kappa shape index (κ1) is 24.0. The minimum atomic E-state index is -0.520. The largest absolute Gasteiger partial charge is 0.456 e. The number of thiocarbonyl (C=S) groups is 1. The number of amides is 2. The smallest absolute Gasteiger partial charge is 0.414 e. The van der Waals surface area contributed by atoms with Gasteiger partial charge >= 0.3 is 12.1 Å². The molecular formula is C22H28FN5O5S. The van der Waals surface area contributed by atoms with Crippen LogP contribution in [-0.2, 0) is 19.1 Å². The first-order valence-corrected chi connectivity index (χ1v) is 11.7. The third-order valence-electron chi connectivity index (χ3n) is 6.11. The summed E-state index contributed by atoms with van der Waals surface area (Å²) in [6.07, 6.45) is 0.222. The highest BCUT2D eigenvalue weighted by molar-refractivity contribution is 7.80. The monoisotopic (exact) mass is 493 g/mol. The van der Waals surface area contributed by atoms with Crippen LogP contribution in [0.3, 0.4) is 0 Å². The molecular weight excluding hydrogens is 465 g/mol. The van der Waals surface area contributed by atoms with Crippen molar-refractivity contribution >= 4 is 46.7 Å². The number of benzene rings is 1. The fraction of sp³-hybridized carbons (Fsp3) is 0.545. The van der Waals surface area contributed by atoms with E-state index in [1.54, 1.807) is 17.0 Å². The van der Waals surface area contributed by atoms with Crippen molar-refractivity contribution in [1.29, 1.82) is 0 Å². The Labute approximate surface area is 202 Å². The molecule has 3 fully saturated rings. The van der Waals surface area contributed by atoms with E-state index in [0.29, 0.717) is 55.8 Å². The average molecular weight is 494 g/mol. The topological polar surface area (TPSA) is 94.7 Å². The molecule has 2 amide bonds. The lowest BCUT2D eigenvalue weighted by Crippen LogP contribution is -2.50. The van der Waals surface area contributed by atoms with Gasteiger partial charge in [0.1, 0.15) is 11.9 Å². The summed E-state index contributed by atoms with van der Waals surface area (Å²) in [5, 5.41) is 3.78. The summed E-state index contributed by atoms with van der Waals surface area (Å²) in [5.74, 6) is -1.23. The Kier molecular flexibility index (Phi) is 7.35. The second kappa shape index (κ2) is 10.4. The van der Waals surface area contributed by atoms with E-state index < -0.39 is 17.9 Å². The van der Waals surface area contributed by atoms with Crippen LogP contribution in [0.2, 0.25) is 0 Å². The van der Waals surface area contributed by atoms with Gasteiger partial charge in [0, 0.05) is 46.2 Å². The van der Waals surface area contributed by atoms with Crippen molar-refractivity contribution in [3.63, 3.8) is 0 Å². The van der Waals surface area contributed by atoms with Gasteiger partial charge < -0.3 is 29.5 Å². The quantitative estimate of drug-likeness (QED) is 0.459. The Morgan fingerprint density at radius 3 is 2.53 bits per heavy atom. The molecule has 0 aromatic heterocycles. The maximum Gasteiger partial charge on any atom is 0.414 e. The van der Waals surface area contributed by atoms with Crippen molar-refractivity contribution < 1.29 is 28.2 Å². The molecule has 3 aliphatic rings. The van der Waals surface area contributed by atoms with Crippen LogP contribution in [0.1, 0.15) is 13.3 Å². The molecule has 0 aliphatic carbocycles. The van der Waals surface area contributed by atoms with Crippen molar-refractivity contribution in [2.24, 2.45) is 0 Å². The molecule has 12 heteroatoms. The van der Waals surface area contributed by atoms with Crippen molar-refractivity contribution in [1.82, 2.24) is 15.1 Å². The van der Waals surface area contributed by atoms with E-state index >= 15 is 0 Å². The van der Waals surface area contributed by atoms with E-state index in [1.165, 1.54) is 17.9 Å². The number of hydrogen-bond acceptors (Lipinski definition) is 7. The predicted molar refractivity (Wildman–Crippen MR) is 126 cm³/mol. The zero-order valence-electron chi connectivity index (χ0n) is 19.0. The van der Waals surface area contributed by atoms with Gasteiger partial charge in [0.15, 0.2) is 11.7 Å². The number of likely N-dealkylation sites (tertiary alicyclic amines) is 1. The van der Waals surface area contributed by atoms with E-state index in [-0.39, 0.29) is 18.6 Å². The van der Waals surface area contributed by atoms with E-state index in [2.05, 4.69) is 5.32 Å². The summed E-state index contributed by atoms with van der Waals surface area (Å²) >= 11 is 5.32. The zero-order chi connectivity index (χ0) is 24.2. The standard InChI is InChI=1S/C22H28FN5O5S/c1-15(29)32-14-20(30)26-9-7-25(8-10-26)19-4-3-16(11-18(19)23)28-13-17(33-22(28)31)12-24-21(34)27-5-2-6-27/h3-4,11,17H,2,5-10,12-14H2,1H3,(H,24,34)/t17-/m0/s1. The molecule has 34 heavy (non-hydrogen) atoms. The first-order chi connectivity index (χ1) is 16.3. The number of carbonyl (C=O) groups is 3. The third-order valence-corrected chi connectivity index (χ3v) is 6.52. The number of halogens is 1. The Hall–Kier alpha value is -3.15. The minimum absolute atomic E-state index is 0.270. The molecule has 0 saturated carbocycles. The van der Waals surface area contributed by atoms with Gasteiger partial charge in [-0.15, -0.1) is 0 Å². The van der Waals surface area contributed by atoms with Crippen molar-refractivity contribution in [2.45, 2.75) is 19.4 Å². The minimum Gasteiger partial charge on any atom is -0.456 e. The number of nitrogens with one attached hydrogen (secondary N) is 1. The Balaban J connectivity index is 1.30. The van der Waals surface area contributed by atoms with E-state index in [0.717, 1.165) is 19.5 Å². The Bertz CT molecular complexity index is 967. The number of cyclic esters (lactones) is 1. The first-order valence-electron chi connectivity index (χ1n) is 11.3. The van der Waals surface area contributed by atoms with Crippen LogP contribution in [0, 0.1) is 5.82 Å². The molecule has 0 bridgehead atoms. The third kappa shape index (κ3) is 5.49. The second-order valence-corrected chi connectivity index (χ2v) is 8.81. The summed E-state index contributed by atoms with van der Waals surface area (Å²) in [5.41, 5.74) is 0.829. The number of nitrogens with zero attached hydrogens (tertiary/aromatic N) is 4. The molecule has 1 aromatic rings. The van der Waals surface area contributed by atoms with Gasteiger partial charge in [0.05, 0.1) is 24.5 Å². The maximum absolute atomic E-state index is 15.0. The van der Waals surface area contributed by atoms with Crippen LogP contribution in [0.4, 0.5) is 20.6 Å². The molecule has 0 spiro atoms. The van der Waals surface area contributed by atoms with Gasteiger partial charge in [-0.3, -0.25) is 14.5 Å². The van der Waals surface area contributed by atoms with Gasteiger partial charge in [-0.2, -0.15) is 0 Å². The molecule has 184 valence electrons. The van der Waals surface area contributed by atoms with Crippen LogP contribution in [0.25, 0.3) is 0 Å². The van der Waals surface area contributed by atoms with Crippen LogP contribution in [0.15, 0.2) is 18.2 Å². The van der Waals surface area contributed by atoms with Crippen molar-refractivity contribution in [2.75, 3.05) is 68.8 Å². The fourth-order valence-corrected chi connectivity index (χ4v) is 4.31. The van der Waals surface area contributed by atoms with Gasteiger partial charge in [-0.05, 0) is 36.8 Å². The molecule has 1 atom stereocenters. The van der Waals surface area contributed by atoms with E-state index in [4.69, 9.17) is 21.7 Å². The normalized spacial score (nSPS) is 20.1. The SMILES string of the molecule is CC(=O)OCC(=O)N1CCN(c2ccc(N3C[C@H](CNC(=S)N4CCC4)OC3=O)cc2F)CC1. The van der Waals surface area contributed by atoms with E-state index in [9.17, 15) is 18.8 Å². The lowest BCUT2D eigenvalue weighted by atomic mass is 10.2. The Morgan fingerprint density at radius 1 is 1.18 bits per heavy atom. The summed E-state index contributed by atoms with van der Waals surface area (Å²) < 4.78 is 25.1. The molecule has 1 N–H and O–H groups in total. The van der Waals surface area contributed by atoms with Gasteiger partial charge in [-0.1, -0.05) is 0 Å². The second-order valence-electron chi connectivity index (χ2n) is 8.43. The van der Waals surface area contributed by atoms with Crippen molar-refractivity contribution in [3.8, 4) is 0 Å². The molecule has 3 saturated heterocycles. The molecule has 1 aromatic carbocycles. The number of rotatable bonds is 6. The molecule has 0 unspecified atom stereocenters. The summed E-state index contributed by atoms with van der Waals surface area (Å²) in [7, 11) is 0. The number of esters is 1.